The number of aliphatic hydroxyl groups is 2. The summed E-state index contributed by atoms with van der Waals surface area (Å²) in [7, 11) is 0. The summed E-state index contributed by atoms with van der Waals surface area (Å²) in [5, 5.41) is 31.2. The molecule has 0 aliphatic heterocycles. The zero-order chi connectivity index (χ0) is 31.7. The molecule has 0 spiro atoms. The summed E-state index contributed by atoms with van der Waals surface area (Å²) in [6, 6.07) is 34.4. The second-order valence-corrected chi connectivity index (χ2v) is 10.7. The van der Waals surface area contributed by atoms with Gasteiger partial charge in [-0.05, 0) is 37.1 Å². The number of aliphatic hydroxyl groups excluding tert-OH is 2. The van der Waals surface area contributed by atoms with Crippen molar-refractivity contribution in [3.63, 3.8) is 0 Å². The fourth-order valence-corrected chi connectivity index (χ4v) is 4.83. The van der Waals surface area contributed by atoms with Gasteiger partial charge in [-0.1, -0.05) is 107 Å². The van der Waals surface area contributed by atoms with Crippen LogP contribution >= 0.6 is 11.8 Å². The van der Waals surface area contributed by atoms with Crippen LogP contribution in [-0.4, -0.2) is 60.1 Å². The molecule has 232 valence electrons. The summed E-state index contributed by atoms with van der Waals surface area (Å²) in [4.78, 5) is 36.3. The van der Waals surface area contributed by atoms with E-state index in [1.807, 2.05) is 109 Å². The Morgan fingerprint density at radius 2 is 0.911 bits per heavy atom. The maximum absolute atomic E-state index is 12.0. The molecule has 4 aromatic rings. The monoisotopic (exact) mass is 626 g/mol. The highest BCUT2D eigenvalue weighted by Crippen LogP contribution is 2.29. The largest absolute Gasteiger partial charge is 0.433 e. The van der Waals surface area contributed by atoms with Crippen LogP contribution < -0.4 is 10.6 Å². The Balaban J connectivity index is 1.47. The Bertz CT molecular complexity index is 1450. The standard InChI is InChI=1S/C34H34N4O6S/c39-23-7-21-35-33(41)43-37-31(25-9-3-1-4-10-25)27-13-17-29(18-14-27)45-30-19-15-28(16-20-30)32(26-11-5-2-6-12-26)38-44-34(42)36-22-8-24-40/h1-6,9-20,39-40H,7-8,21-24H2,(H,35,41)(H,36,42)/b37-31+,38-32+. The van der Waals surface area contributed by atoms with Crippen molar-refractivity contribution < 1.29 is 29.5 Å². The van der Waals surface area contributed by atoms with E-state index in [4.69, 9.17) is 19.9 Å². The zero-order valence-electron chi connectivity index (χ0n) is 24.5. The van der Waals surface area contributed by atoms with Crippen molar-refractivity contribution in [1.29, 1.82) is 0 Å². The van der Waals surface area contributed by atoms with Crippen molar-refractivity contribution >= 4 is 35.4 Å². The van der Waals surface area contributed by atoms with Crippen molar-refractivity contribution in [1.82, 2.24) is 10.6 Å². The summed E-state index contributed by atoms with van der Waals surface area (Å²) in [6.07, 6.45) is -0.538. The van der Waals surface area contributed by atoms with Crippen molar-refractivity contribution in [2.75, 3.05) is 26.3 Å². The molecular formula is C34H34N4O6S. The van der Waals surface area contributed by atoms with Gasteiger partial charge in [-0.2, -0.15) is 0 Å². The SMILES string of the molecule is O=C(NCCCO)O/N=C(\c1ccccc1)c1ccc(Sc2ccc(/C(=N/OC(=O)NCCCO)c3ccccc3)cc2)cc1. The molecule has 45 heavy (non-hydrogen) atoms. The van der Waals surface area contributed by atoms with E-state index >= 15 is 0 Å². The number of nitrogens with zero attached hydrogens (tertiary/aromatic N) is 2. The van der Waals surface area contributed by atoms with Crippen LogP contribution in [0.15, 0.2) is 129 Å². The van der Waals surface area contributed by atoms with Crippen LogP contribution in [0.1, 0.15) is 35.1 Å². The van der Waals surface area contributed by atoms with E-state index < -0.39 is 12.2 Å². The molecule has 4 N–H and O–H groups in total. The van der Waals surface area contributed by atoms with E-state index in [0.717, 1.165) is 32.0 Å². The molecule has 0 saturated heterocycles. The first-order valence-electron chi connectivity index (χ1n) is 14.3. The van der Waals surface area contributed by atoms with E-state index in [-0.39, 0.29) is 26.3 Å². The lowest BCUT2D eigenvalue weighted by Gasteiger charge is -2.10. The van der Waals surface area contributed by atoms with E-state index in [2.05, 4.69) is 20.9 Å². The third kappa shape index (κ3) is 10.6. The molecule has 0 aromatic heterocycles. The highest BCUT2D eigenvalue weighted by atomic mass is 32.2. The van der Waals surface area contributed by atoms with Crippen LogP contribution in [0.4, 0.5) is 9.59 Å². The Kier molecular flexibility index (Phi) is 13.2. The van der Waals surface area contributed by atoms with Crippen molar-refractivity contribution in [2.24, 2.45) is 10.3 Å². The Morgan fingerprint density at radius 1 is 0.556 bits per heavy atom. The topological polar surface area (TPSA) is 142 Å². The molecule has 10 nitrogen and oxygen atoms in total. The smallest absolute Gasteiger partial charge is 0.396 e. The molecule has 0 atom stereocenters. The zero-order valence-corrected chi connectivity index (χ0v) is 25.3. The summed E-state index contributed by atoms with van der Waals surface area (Å²) >= 11 is 1.57. The lowest BCUT2D eigenvalue weighted by molar-refractivity contribution is 0.149. The molecule has 11 heteroatoms. The van der Waals surface area contributed by atoms with Crippen LogP contribution in [0.5, 0.6) is 0 Å². The first-order chi connectivity index (χ1) is 22.1. The van der Waals surface area contributed by atoms with Crippen LogP contribution in [0.25, 0.3) is 0 Å². The second kappa shape index (κ2) is 18.0. The van der Waals surface area contributed by atoms with Gasteiger partial charge < -0.3 is 20.8 Å². The van der Waals surface area contributed by atoms with Crippen molar-refractivity contribution in [2.45, 2.75) is 22.6 Å². The molecule has 0 aliphatic rings. The number of carbonyl (C=O) groups excluding carboxylic acids is 2. The number of hydrogen-bond donors (Lipinski definition) is 4. The van der Waals surface area contributed by atoms with Gasteiger partial charge in [0.25, 0.3) is 0 Å². The number of oxime groups is 2. The Morgan fingerprint density at radius 3 is 1.27 bits per heavy atom. The molecular weight excluding hydrogens is 592 g/mol. The molecule has 0 unspecified atom stereocenters. The lowest BCUT2D eigenvalue weighted by atomic mass is 10.0. The third-order valence-corrected chi connectivity index (χ3v) is 7.25. The van der Waals surface area contributed by atoms with Crippen LogP contribution in [0.3, 0.4) is 0 Å². The van der Waals surface area contributed by atoms with Crippen LogP contribution in [0, 0.1) is 0 Å². The summed E-state index contributed by atoms with van der Waals surface area (Å²) in [6.45, 7) is 0.517. The first kappa shape index (κ1) is 32.9. The maximum atomic E-state index is 12.0. The van der Waals surface area contributed by atoms with Gasteiger partial charge in [-0.15, -0.1) is 0 Å². The quantitative estimate of drug-likeness (QED) is 0.0622. The van der Waals surface area contributed by atoms with Gasteiger partial charge in [-0.3, -0.25) is 9.68 Å². The Hall–Kier alpha value is -4.97. The van der Waals surface area contributed by atoms with Gasteiger partial charge in [0.2, 0.25) is 0 Å². The first-order valence-corrected chi connectivity index (χ1v) is 15.2. The predicted octanol–water partition coefficient (Wildman–Crippen LogP) is 5.56. The van der Waals surface area contributed by atoms with Crippen LogP contribution in [-0.2, 0) is 9.68 Å². The van der Waals surface area contributed by atoms with E-state index in [0.29, 0.717) is 24.3 Å². The summed E-state index contributed by atoms with van der Waals surface area (Å²) < 4.78 is 0. The minimum absolute atomic E-state index is 0.0291. The van der Waals surface area contributed by atoms with E-state index in [1.165, 1.54) is 0 Å². The normalized spacial score (nSPS) is 11.5. The molecule has 0 fully saturated rings. The average molecular weight is 627 g/mol. The third-order valence-electron chi connectivity index (χ3n) is 6.23. The molecule has 4 rings (SSSR count). The fourth-order valence-electron chi connectivity index (χ4n) is 4.01. The number of rotatable bonds is 14. The predicted molar refractivity (Wildman–Crippen MR) is 174 cm³/mol. The molecule has 0 saturated carbocycles. The average Bonchev–Trinajstić information content (AvgIpc) is 3.07. The molecule has 2 amide bonds. The maximum Gasteiger partial charge on any atom is 0.433 e. The summed E-state index contributed by atoms with van der Waals surface area (Å²) in [5.74, 6) is 0. The molecule has 0 bridgehead atoms. The minimum atomic E-state index is -0.694. The number of hydrogen-bond acceptors (Lipinski definition) is 9. The van der Waals surface area contributed by atoms with E-state index in [1.54, 1.807) is 11.8 Å². The van der Waals surface area contributed by atoms with Gasteiger partial charge in [0.15, 0.2) is 0 Å². The highest BCUT2D eigenvalue weighted by Gasteiger charge is 2.12. The van der Waals surface area contributed by atoms with Gasteiger partial charge in [0.1, 0.15) is 11.4 Å². The lowest BCUT2D eigenvalue weighted by Crippen LogP contribution is -2.25. The summed E-state index contributed by atoms with van der Waals surface area (Å²) in [5.41, 5.74) is 4.14. The van der Waals surface area contributed by atoms with Crippen LogP contribution in [0.2, 0.25) is 0 Å². The minimum Gasteiger partial charge on any atom is -0.396 e. The fraction of sp³-hybridized carbons (Fsp3) is 0.176. The molecule has 0 heterocycles. The number of benzene rings is 4. The van der Waals surface area contributed by atoms with Crippen molar-refractivity contribution in [3.8, 4) is 0 Å². The molecule has 0 radical (unpaired) electrons. The number of nitrogens with one attached hydrogen (secondary N) is 2. The van der Waals surface area contributed by atoms with Gasteiger partial charge in [-0.25, -0.2) is 9.59 Å². The molecule has 0 aliphatic carbocycles. The highest BCUT2D eigenvalue weighted by molar-refractivity contribution is 7.99. The number of carbonyl (C=O) groups is 2. The van der Waals surface area contributed by atoms with Gasteiger partial charge in [0, 0.05) is 58.3 Å². The second-order valence-electron chi connectivity index (χ2n) is 9.53. The number of amides is 2. The van der Waals surface area contributed by atoms with Gasteiger partial charge in [0.05, 0.1) is 0 Å². The van der Waals surface area contributed by atoms with Gasteiger partial charge >= 0.3 is 12.2 Å². The van der Waals surface area contributed by atoms with E-state index in [9.17, 15) is 9.59 Å². The molecule has 4 aromatic carbocycles. The van der Waals surface area contributed by atoms with Crippen molar-refractivity contribution in [3.05, 3.63) is 131 Å². The Labute approximate surface area is 265 Å².